The molecule has 0 radical (unpaired) electrons. The van der Waals surface area contributed by atoms with Crippen molar-refractivity contribution in [1.29, 1.82) is 0 Å². The van der Waals surface area contributed by atoms with Crippen LogP contribution in [0.25, 0.3) is 16.6 Å². The van der Waals surface area contributed by atoms with Gasteiger partial charge in [0.2, 0.25) is 11.8 Å². The number of fused-ring (bicyclic) bond motifs is 8. The van der Waals surface area contributed by atoms with Gasteiger partial charge in [0.15, 0.2) is 0 Å². The topological polar surface area (TPSA) is 84.3 Å². The molecule has 4 heterocycles. The highest BCUT2D eigenvalue weighted by Crippen LogP contribution is 2.56. The molecule has 3 aliphatic heterocycles. The van der Waals surface area contributed by atoms with E-state index in [-0.39, 0.29) is 29.3 Å². The average Bonchev–Trinajstić information content (AvgIpc) is 3.47. The maximum Gasteiger partial charge on any atom is 0.266 e. The van der Waals surface area contributed by atoms with Gasteiger partial charge >= 0.3 is 0 Å². The number of aromatic nitrogens is 2. The summed E-state index contributed by atoms with van der Waals surface area (Å²) in [6, 6.07) is 20.3. The predicted molar refractivity (Wildman–Crippen MR) is 153 cm³/mol. The lowest BCUT2D eigenvalue weighted by molar-refractivity contribution is -0.123. The molecule has 8 heteroatoms. The van der Waals surface area contributed by atoms with Crippen LogP contribution in [0, 0.1) is 24.7 Å². The van der Waals surface area contributed by atoms with E-state index in [1.54, 1.807) is 10.6 Å². The maximum absolute atomic E-state index is 14.5. The molecule has 4 atom stereocenters. The number of aryl methyl sites for hydroxylation is 1. The average molecular weight is 583 g/mol. The van der Waals surface area contributed by atoms with Crippen LogP contribution in [0.2, 0.25) is 0 Å². The van der Waals surface area contributed by atoms with Crippen LogP contribution in [0.15, 0.2) is 76.0 Å². The van der Waals surface area contributed by atoms with Crippen molar-refractivity contribution in [3.63, 3.8) is 0 Å². The molecule has 3 aromatic carbocycles. The van der Waals surface area contributed by atoms with E-state index in [0.717, 1.165) is 11.1 Å². The first-order valence-corrected chi connectivity index (χ1v) is 14.1. The second kappa shape index (κ2) is 8.44. The van der Waals surface area contributed by atoms with Crippen molar-refractivity contribution in [3.8, 4) is 5.69 Å². The van der Waals surface area contributed by atoms with E-state index in [1.807, 2.05) is 67.6 Å². The summed E-state index contributed by atoms with van der Waals surface area (Å²) >= 11 is 3.59. The molecule has 39 heavy (non-hydrogen) atoms. The van der Waals surface area contributed by atoms with E-state index in [4.69, 9.17) is 4.98 Å². The minimum atomic E-state index is -1.12. The van der Waals surface area contributed by atoms with Gasteiger partial charge in [0.1, 0.15) is 11.4 Å². The smallest absolute Gasteiger partial charge is 0.266 e. The quantitative estimate of drug-likeness (QED) is 0.349. The molecular formula is C31H27BrN4O3. The molecule has 1 N–H and O–H groups in total. The predicted octanol–water partition coefficient (Wildman–Crippen LogP) is 4.84. The number of hydrogen-bond acceptors (Lipinski definition) is 5. The summed E-state index contributed by atoms with van der Waals surface area (Å²) in [5, 5.41) is 4.27. The van der Waals surface area contributed by atoms with E-state index in [9.17, 15) is 14.4 Å². The van der Waals surface area contributed by atoms with Gasteiger partial charge in [-0.1, -0.05) is 50.2 Å². The molecule has 0 saturated carbocycles. The molecule has 2 fully saturated rings. The number of halogens is 1. The zero-order chi connectivity index (χ0) is 27.2. The van der Waals surface area contributed by atoms with Crippen molar-refractivity contribution < 1.29 is 9.59 Å². The van der Waals surface area contributed by atoms with Crippen LogP contribution in [0.1, 0.15) is 37.2 Å². The number of carbonyl (C=O) groups is 2. The van der Waals surface area contributed by atoms with Crippen molar-refractivity contribution in [2.75, 3.05) is 4.90 Å². The highest BCUT2D eigenvalue weighted by molar-refractivity contribution is 9.10. The van der Waals surface area contributed by atoms with Gasteiger partial charge in [-0.25, -0.2) is 9.88 Å². The highest BCUT2D eigenvalue weighted by atomic mass is 79.9. The first-order chi connectivity index (χ1) is 18.7. The molecule has 0 bridgehead atoms. The molecular weight excluding hydrogens is 556 g/mol. The second-order valence-electron chi connectivity index (χ2n) is 11.3. The van der Waals surface area contributed by atoms with Crippen molar-refractivity contribution in [2.45, 2.75) is 38.8 Å². The fourth-order valence-electron chi connectivity index (χ4n) is 6.96. The van der Waals surface area contributed by atoms with E-state index in [1.165, 1.54) is 4.90 Å². The van der Waals surface area contributed by atoms with Crippen LogP contribution in [-0.2, 0) is 15.1 Å². The van der Waals surface area contributed by atoms with Gasteiger partial charge in [0.25, 0.3) is 5.56 Å². The maximum atomic E-state index is 14.5. The van der Waals surface area contributed by atoms with Crippen molar-refractivity contribution >= 4 is 44.3 Å². The number of anilines is 1. The second-order valence-corrected chi connectivity index (χ2v) is 12.1. The third-order valence-electron chi connectivity index (χ3n) is 8.43. The summed E-state index contributed by atoms with van der Waals surface area (Å²) < 4.78 is 2.33. The number of hydrogen-bond donors (Lipinski definition) is 1. The Labute approximate surface area is 234 Å². The molecule has 0 unspecified atom stereocenters. The number of imide groups is 1. The number of carbonyl (C=O) groups excluding carboxylic acids is 2. The molecule has 1 aromatic heterocycles. The van der Waals surface area contributed by atoms with Crippen LogP contribution in [0.5, 0.6) is 0 Å². The van der Waals surface area contributed by atoms with E-state index in [0.29, 0.717) is 39.0 Å². The van der Waals surface area contributed by atoms with Gasteiger partial charge in [-0.05, 0) is 71.1 Å². The summed E-state index contributed by atoms with van der Waals surface area (Å²) in [6.07, 6.45) is 0.699. The Balaban J connectivity index is 1.52. The van der Waals surface area contributed by atoms with E-state index in [2.05, 4.69) is 35.1 Å². The van der Waals surface area contributed by atoms with Crippen LogP contribution < -0.4 is 15.8 Å². The fourth-order valence-corrected chi connectivity index (χ4v) is 7.63. The lowest BCUT2D eigenvalue weighted by Crippen LogP contribution is -2.50. The Hall–Kier alpha value is -3.62. The first-order valence-electron chi connectivity index (χ1n) is 13.3. The minimum absolute atomic E-state index is 0.180. The summed E-state index contributed by atoms with van der Waals surface area (Å²) in [5.74, 6) is -1.10. The lowest BCUT2D eigenvalue weighted by Gasteiger charge is -2.32. The summed E-state index contributed by atoms with van der Waals surface area (Å²) in [7, 11) is 0. The molecule has 4 aromatic rings. The molecule has 196 valence electrons. The van der Waals surface area contributed by atoms with Gasteiger partial charge in [-0.2, -0.15) is 0 Å². The Morgan fingerprint density at radius 3 is 2.49 bits per heavy atom. The first kappa shape index (κ1) is 24.4. The zero-order valence-corrected chi connectivity index (χ0v) is 23.4. The van der Waals surface area contributed by atoms with Gasteiger partial charge in [0.05, 0.1) is 34.1 Å². The molecule has 0 aliphatic carbocycles. The van der Waals surface area contributed by atoms with E-state index >= 15 is 0 Å². The van der Waals surface area contributed by atoms with Crippen LogP contribution in [-0.4, -0.2) is 27.4 Å². The van der Waals surface area contributed by atoms with Gasteiger partial charge in [0, 0.05) is 16.1 Å². The van der Waals surface area contributed by atoms with Crippen LogP contribution >= 0.6 is 15.9 Å². The minimum Gasteiger partial charge on any atom is -0.297 e. The molecule has 2 amide bonds. The highest BCUT2D eigenvalue weighted by Gasteiger charge is 2.69. The number of amides is 2. The van der Waals surface area contributed by atoms with Crippen LogP contribution in [0.3, 0.4) is 0 Å². The molecule has 7 nitrogen and oxygen atoms in total. The Morgan fingerprint density at radius 2 is 1.72 bits per heavy atom. The Morgan fingerprint density at radius 1 is 0.974 bits per heavy atom. The van der Waals surface area contributed by atoms with Gasteiger partial charge in [-0.15, -0.1) is 0 Å². The van der Waals surface area contributed by atoms with Crippen molar-refractivity contribution in [1.82, 2.24) is 14.9 Å². The number of benzene rings is 3. The number of rotatable bonds is 3. The normalized spacial score (nSPS) is 25.2. The zero-order valence-electron chi connectivity index (χ0n) is 21.8. The Kier molecular flexibility index (Phi) is 5.28. The molecule has 2 saturated heterocycles. The number of nitrogens with one attached hydrogen (secondary N) is 1. The summed E-state index contributed by atoms with van der Waals surface area (Å²) in [5.41, 5.74) is 2.33. The standard InChI is InChI=1S/C31H27BrN4O3/c1-16(2)14-22-25-26(29(39)35(28(25)38)24-13-12-17(3)15-20(24)32)31(34-22)19-9-5-7-11-23(19)36-27(37)18-8-4-6-10-21(18)33-30(31)36/h4-13,15-16,22,25-26,34H,14H2,1-3H3/t22-,25+,26-,31-/m1/s1. The fraction of sp³-hybridized carbons (Fsp3) is 0.290. The van der Waals surface area contributed by atoms with E-state index < -0.39 is 17.4 Å². The third-order valence-corrected chi connectivity index (χ3v) is 9.07. The summed E-state index contributed by atoms with van der Waals surface area (Å²) in [6.45, 7) is 6.20. The SMILES string of the molecule is Cc1ccc(N2C(=O)[C@H]3[C@@H](CC(C)C)N[C@]4(c5ccccc5-n5c4nc4ccccc4c5=O)[C@H]3C2=O)c(Br)c1. The van der Waals surface area contributed by atoms with Crippen molar-refractivity contribution in [3.05, 3.63) is 98.5 Å². The van der Waals surface area contributed by atoms with Crippen LogP contribution in [0.4, 0.5) is 5.69 Å². The largest absolute Gasteiger partial charge is 0.297 e. The molecule has 3 aliphatic rings. The molecule has 7 rings (SSSR count). The third kappa shape index (κ3) is 3.19. The number of para-hydroxylation sites is 2. The lowest BCUT2D eigenvalue weighted by atomic mass is 9.75. The van der Waals surface area contributed by atoms with Gasteiger partial charge < -0.3 is 0 Å². The van der Waals surface area contributed by atoms with Crippen molar-refractivity contribution in [2.24, 2.45) is 17.8 Å². The monoisotopic (exact) mass is 582 g/mol. The summed E-state index contributed by atoms with van der Waals surface area (Å²) in [4.78, 5) is 49.0. The molecule has 1 spiro atoms. The van der Waals surface area contributed by atoms with Gasteiger partial charge in [-0.3, -0.25) is 24.3 Å². The number of nitrogens with zero attached hydrogens (tertiary/aromatic N) is 3. The Bertz CT molecular complexity index is 1780.